The molecule has 180 valence electrons. The molecule has 9 nitrogen and oxygen atoms in total. The Kier molecular flexibility index (Phi) is 6.07. The molecule has 4 rings (SSSR count). The zero-order valence-electron chi connectivity index (χ0n) is 18.8. The van der Waals surface area contributed by atoms with Crippen LogP contribution >= 0.6 is 0 Å². The largest absolute Gasteiger partial charge is 0.406 e. The highest BCUT2D eigenvalue weighted by Crippen LogP contribution is 2.30. The van der Waals surface area contributed by atoms with Crippen molar-refractivity contribution in [3.8, 4) is 16.9 Å². The third-order valence-electron chi connectivity index (χ3n) is 5.74. The molecular formula is C22H24F3N7O2. The van der Waals surface area contributed by atoms with Gasteiger partial charge in [-0.05, 0) is 19.1 Å². The SMILES string of the molecule is Cc1c(-c2cnn(C)c2)nn(-c2ccccc2)c1NC(=O)N[C@@H]1CN(CC(F)(F)F)C(=O)[C@H]1C. The van der Waals surface area contributed by atoms with Gasteiger partial charge in [0.25, 0.3) is 0 Å². The molecule has 0 unspecified atom stereocenters. The molecule has 1 aromatic carbocycles. The van der Waals surface area contributed by atoms with Gasteiger partial charge in [-0.25, -0.2) is 9.48 Å². The van der Waals surface area contributed by atoms with Gasteiger partial charge in [0.2, 0.25) is 5.91 Å². The van der Waals surface area contributed by atoms with Crippen LogP contribution in [0.2, 0.25) is 0 Å². The van der Waals surface area contributed by atoms with Gasteiger partial charge in [-0.3, -0.25) is 14.8 Å². The summed E-state index contributed by atoms with van der Waals surface area (Å²) in [5, 5.41) is 14.3. The Labute approximate surface area is 193 Å². The highest BCUT2D eigenvalue weighted by Gasteiger charge is 2.43. The number of benzene rings is 1. The molecular weight excluding hydrogens is 451 g/mol. The first-order chi connectivity index (χ1) is 16.0. The maximum absolute atomic E-state index is 12.9. The maximum atomic E-state index is 12.9. The first-order valence-electron chi connectivity index (χ1n) is 10.6. The van der Waals surface area contributed by atoms with Gasteiger partial charge in [0, 0.05) is 30.9 Å². The van der Waals surface area contributed by atoms with Crippen molar-refractivity contribution in [2.24, 2.45) is 13.0 Å². The molecule has 1 fully saturated rings. The number of nitrogens with zero attached hydrogens (tertiary/aromatic N) is 5. The number of likely N-dealkylation sites (tertiary alicyclic amines) is 1. The van der Waals surface area contributed by atoms with Gasteiger partial charge in [0.15, 0.2) is 0 Å². The Morgan fingerprint density at radius 2 is 1.94 bits per heavy atom. The summed E-state index contributed by atoms with van der Waals surface area (Å²) >= 11 is 0. The fraction of sp³-hybridized carbons (Fsp3) is 0.364. The van der Waals surface area contributed by atoms with Crippen LogP contribution in [0.25, 0.3) is 16.9 Å². The second-order valence-electron chi connectivity index (χ2n) is 8.30. The minimum atomic E-state index is -4.51. The van der Waals surface area contributed by atoms with Crippen molar-refractivity contribution >= 4 is 17.8 Å². The monoisotopic (exact) mass is 475 g/mol. The van der Waals surface area contributed by atoms with Gasteiger partial charge in [0.1, 0.15) is 18.1 Å². The molecule has 12 heteroatoms. The number of hydrogen-bond donors (Lipinski definition) is 2. The molecule has 2 aromatic heterocycles. The lowest BCUT2D eigenvalue weighted by Crippen LogP contribution is -2.43. The normalized spacial score (nSPS) is 18.4. The number of alkyl halides is 3. The zero-order valence-corrected chi connectivity index (χ0v) is 18.8. The summed E-state index contributed by atoms with van der Waals surface area (Å²) in [5.74, 6) is -1.03. The van der Waals surface area contributed by atoms with Crippen molar-refractivity contribution < 1.29 is 22.8 Å². The van der Waals surface area contributed by atoms with Crippen LogP contribution in [0.15, 0.2) is 42.7 Å². The van der Waals surface area contributed by atoms with Gasteiger partial charge in [-0.1, -0.05) is 25.1 Å². The molecule has 1 saturated heterocycles. The van der Waals surface area contributed by atoms with Crippen molar-refractivity contribution in [3.63, 3.8) is 0 Å². The van der Waals surface area contributed by atoms with E-state index in [1.54, 1.807) is 35.7 Å². The molecule has 0 radical (unpaired) electrons. The van der Waals surface area contributed by atoms with Gasteiger partial charge in [-0.15, -0.1) is 0 Å². The topological polar surface area (TPSA) is 97.1 Å². The molecule has 0 spiro atoms. The third-order valence-corrected chi connectivity index (χ3v) is 5.74. The molecule has 3 aromatic rings. The molecule has 0 saturated carbocycles. The van der Waals surface area contributed by atoms with Crippen molar-refractivity contribution in [1.29, 1.82) is 0 Å². The molecule has 0 bridgehead atoms. The minimum absolute atomic E-state index is 0.217. The number of aryl methyl sites for hydroxylation is 1. The minimum Gasteiger partial charge on any atom is -0.333 e. The number of nitrogens with one attached hydrogen (secondary N) is 2. The summed E-state index contributed by atoms with van der Waals surface area (Å²) in [6.45, 7) is 1.75. The van der Waals surface area contributed by atoms with Gasteiger partial charge in [0.05, 0.1) is 23.8 Å². The highest BCUT2D eigenvalue weighted by atomic mass is 19.4. The average Bonchev–Trinajstić information content (AvgIpc) is 3.41. The van der Waals surface area contributed by atoms with E-state index in [2.05, 4.69) is 20.8 Å². The number of para-hydroxylation sites is 1. The van der Waals surface area contributed by atoms with Crippen LogP contribution < -0.4 is 10.6 Å². The molecule has 1 aliphatic rings. The van der Waals surface area contributed by atoms with Gasteiger partial charge in [-0.2, -0.15) is 23.4 Å². The quantitative estimate of drug-likeness (QED) is 0.593. The highest BCUT2D eigenvalue weighted by molar-refractivity contribution is 5.92. The standard InChI is InChI=1S/C22H24F3N7O2/c1-13-17(11-31(20(13)33)12-22(23,24)25)27-21(34)28-19-14(2)18(15-9-26-30(3)10-15)29-32(19)16-7-5-4-6-8-16/h4-10,13,17H,11-12H2,1-3H3,(H2,27,28,34)/t13-,17+/m0/s1. The number of halogens is 3. The van der Waals surface area contributed by atoms with Crippen molar-refractivity contribution in [2.45, 2.75) is 26.1 Å². The van der Waals surface area contributed by atoms with Crippen molar-refractivity contribution in [1.82, 2.24) is 29.8 Å². The molecule has 2 atom stereocenters. The number of carbonyl (C=O) groups excluding carboxylic acids is 2. The van der Waals surface area contributed by atoms with Gasteiger partial charge < -0.3 is 10.2 Å². The number of carbonyl (C=O) groups is 2. The van der Waals surface area contributed by atoms with E-state index in [0.717, 1.165) is 10.5 Å². The van der Waals surface area contributed by atoms with Crippen molar-refractivity contribution in [2.75, 3.05) is 18.4 Å². The average molecular weight is 475 g/mol. The van der Waals surface area contributed by atoms with Crippen molar-refractivity contribution in [3.05, 3.63) is 48.3 Å². The zero-order chi connectivity index (χ0) is 24.6. The first-order valence-corrected chi connectivity index (χ1v) is 10.6. The third kappa shape index (κ3) is 4.75. The Morgan fingerprint density at radius 3 is 2.56 bits per heavy atom. The molecule has 3 heterocycles. The number of amides is 3. The van der Waals surface area contributed by atoms with E-state index < -0.39 is 36.6 Å². The first kappa shape index (κ1) is 23.3. The molecule has 34 heavy (non-hydrogen) atoms. The number of urea groups is 1. The van der Waals surface area contributed by atoms with Crippen LogP contribution in [0.4, 0.5) is 23.8 Å². The number of hydrogen-bond acceptors (Lipinski definition) is 4. The lowest BCUT2D eigenvalue weighted by atomic mass is 10.1. The fourth-order valence-electron chi connectivity index (χ4n) is 4.00. The Bertz CT molecular complexity index is 1200. The van der Waals surface area contributed by atoms with Crippen LogP contribution in [-0.2, 0) is 11.8 Å². The molecule has 1 aliphatic heterocycles. The summed E-state index contributed by atoms with van der Waals surface area (Å²) in [4.78, 5) is 25.8. The van der Waals surface area contributed by atoms with E-state index in [1.165, 1.54) is 6.92 Å². The predicted octanol–water partition coefficient (Wildman–Crippen LogP) is 3.11. The smallest absolute Gasteiger partial charge is 0.333 e. The van der Waals surface area contributed by atoms with E-state index in [-0.39, 0.29) is 6.54 Å². The Balaban J connectivity index is 1.58. The summed E-state index contributed by atoms with van der Waals surface area (Å²) in [6.07, 6.45) is -1.04. The van der Waals surface area contributed by atoms with Crippen LogP contribution in [0.5, 0.6) is 0 Å². The van der Waals surface area contributed by atoms with Gasteiger partial charge >= 0.3 is 12.2 Å². The lowest BCUT2D eigenvalue weighted by molar-refractivity contribution is -0.158. The number of aromatic nitrogens is 4. The Hall–Kier alpha value is -3.83. The van der Waals surface area contributed by atoms with Crippen LogP contribution in [0.3, 0.4) is 0 Å². The lowest BCUT2D eigenvalue weighted by Gasteiger charge is -2.19. The molecule has 0 aliphatic carbocycles. The summed E-state index contributed by atoms with van der Waals surface area (Å²) in [7, 11) is 1.78. The fourth-order valence-corrected chi connectivity index (χ4v) is 4.00. The van der Waals surface area contributed by atoms with E-state index >= 15 is 0 Å². The summed E-state index contributed by atoms with van der Waals surface area (Å²) in [5.41, 5.74) is 2.77. The predicted molar refractivity (Wildman–Crippen MR) is 118 cm³/mol. The maximum Gasteiger partial charge on any atom is 0.406 e. The Morgan fingerprint density at radius 1 is 1.24 bits per heavy atom. The second kappa shape index (κ2) is 8.84. The molecule has 3 amide bonds. The van der Waals surface area contributed by atoms with Crippen LogP contribution in [0, 0.1) is 12.8 Å². The van der Waals surface area contributed by atoms with E-state index in [9.17, 15) is 22.8 Å². The summed E-state index contributed by atoms with van der Waals surface area (Å²) in [6, 6.07) is 7.77. The summed E-state index contributed by atoms with van der Waals surface area (Å²) < 4.78 is 41.5. The van der Waals surface area contributed by atoms with E-state index in [4.69, 9.17) is 0 Å². The number of rotatable bonds is 5. The molecule has 2 N–H and O–H groups in total. The second-order valence-corrected chi connectivity index (χ2v) is 8.30. The van der Waals surface area contributed by atoms with Crippen LogP contribution in [0.1, 0.15) is 12.5 Å². The van der Waals surface area contributed by atoms with E-state index in [0.29, 0.717) is 22.8 Å². The number of anilines is 1. The van der Waals surface area contributed by atoms with Crippen LogP contribution in [-0.4, -0.2) is 61.7 Å². The van der Waals surface area contributed by atoms with E-state index in [1.807, 2.05) is 30.3 Å².